The highest BCUT2D eigenvalue weighted by Gasteiger charge is 2.06. The lowest BCUT2D eigenvalue weighted by molar-refractivity contribution is 0.415. The normalized spacial score (nSPS) is 16.9. The fraction of sp³-hybridized carbons (Fsp3) is 0.533. The van der Waals surface area contributed by atoms with E-state index in [4.69, 9.17) is 21.3 Å². The highest BCUT2D eigenvalue weighted by Crippen LogP contribution is 2.29. The van der Waals surface area contributed by atoms with Crippen LogP contribution in [-0.2, 0) is 0 Å². The summed E-state index contributed by atoms with van der Waals surface area (Å²) in [5.41, 5.74) is 2.26. The Morgan fingerprint density at radius 1 is 1.06 bits per heavy atom. The average molecular weight is 266 g/mol. The van der Waals surface area contributed by atoms with Gasteiger partial charge in [-0.2, -0.15) is 0 Å². The Hall–Kier alpha value is -1.02. The molecule has 2 nitrogen and oxygen atoms in total. The molecule has 3 heteroatoms. The van der Waals surface area contributed by atoms with Crippen molar-refractivity contribution < 1.29 is 4.74 Å². The summed E-state index contributed by atoms with van der Waals surface area (Å²) in [5, 5.41) is 0.630. The highest BCUT2D eigenvalue weighted by molar-refractivity contribution is 6.32. The number of hydrogen-bond donors (Lipinski definition) is 0. The van der Waals surface area contributed by atoms with Crippen molar-refractivity contribution in [3.05, 3.63) is 23.2 Å². The van der Waals surface area contributed by atoms with Crippen molar-refractivity contribution >= 4 is 23.0 Å². The van der Waals surface area contributed by atoms with Gasteiger partial charge in [0, 0.05) is 5.71 Å². The van der Waals surface area contributed by atoms with Crippen LogP contribution in [0.5, 0.6) is 5.75 Å². The molecule has 0 unspecified atom stereocenters. The van der Waals surface area contributed by atoms with Crippen LogP contribution in [0.2, 0.25) is 5.02 Å². The van der Waals surface area contributed by atoms with Crippen molar-refractivity contribution in [3.8, 4) is 5.75 Å². The Morgan fingerprint density at radius 2 is 1.72 bits per heavy atom. The molecule has 0 radical (unpaired) electrons. The predicted molar refractivity (Wildman–Crippen MR) is 77.4 cm³/mol. The van der Waals surface area contributed by atoms with Crippen molar-refractivity contribution in [1.82, 2.24) is 0 Å². The molecule has 1 aromatic carbocycles. The van der Waals surface area contributed by atoms with Crippen LogP contribution in [0.1, 0.15) is 44.9 Å². The molecule has 1 saturated carbocycles. The van der Waals surface area contributed by atoms with Gasteiger partial charge in [0.2, 0.25) is 0 Å². The monoisotopic (exact) mass is 265 g/mol. The smallest absolute Gasteiger partial charge is 0.137 e. The summed E-state index contributed by atoms with van der Waals surface area (Å²) < 4.78 is 5.15. The van der Waals surface area contributed by atoms with Crippen molar-refractivity contribution in [2.75, 3.05) is 7.11 Å². The van der Waals surface area contributed by atoms with Crippen LogP contribution in [0.3, 0.4) is 0 Å². The Bertz CT molecular complexity index is 419. The van der Waals surface area contributed by atoms with E-state index in [-0.39, 0.29) is 0 Å². The third kappa shape index (κ3) is 3.74. The van der Waals surface area contributed by atoms with Gasteiger partial charge in [-0.15, -0.1) is 0 Å². The fourth-order valence-electron chi connectivity index (χ4n) is 2.33. The van der Waals surface area contributed by atoms with Gasteiger partial charge in [0.1, 0.15) is 5.75 Å². The van der Waals surface area contributed by atoms with Gasteiger partial charge in [-0.25, -0.2) is 0 Å². The molecule has 1 aliphatic rings. The first-order chi connectivity index (χ1) is 8.79. The van der Waals surface area contributed by atoms with E-state index in [2.05, 4.69) is 0 Å². The Kier molecular flexibility index (Phi) is 5.06. The minimum atomic E-state index is 0.630. The van der Waals surface area contributed by atoms with E-state index in [0.717, 1.165) is 18.5 Å². The zero-order valence-corrected chi connectivity index (χ0v) is 11.7. The standard InChI is InChI=1S/C15H20ClNO/c1-18-15-10-9-13(11-14(15)16)17-12-7-5-3-2-4-6-8-12/h9-11H,2-8H2,1H3. The maximum absolute atomic E-state index is 6.11. The lowest BCUT2D eigenvalue weighted by Gasteiger charge is -2.11. The summed E-state index contributed by atoms with van der Waals surface area (Å²) >= 11 is 6.11. The molecule has 0 bridgehead atoms. The van der Waals surface area contributed by atoms with Crippen LogP contribution in [-0.4, -0.2) is 12.8 Å². The molecule has 1 fully saturated rings. The summed E-state index contributed by atoms with van der Waals surface area (Å²) in [6, 6.07) is 5.73. The first-order valence-electron chi connectivity index (χ1n) is 6.69. The van der Waals surface area contributed by atoms with Gasteiger partial charge in [-0.05, 0) is 43.9 Å². The quantitative estimate of drug-likeness (QED) is 0.723. The summed E-state index contributed by atoms with van der Waals surface area (Å²) in [7, 11) is 1.63. The maximum Gasteiger partial charge on any atom is 0.137 e. The molecule has 0 saturated heterocycles. The van der Waals surface area contributed by atoms with Crippen molar-refractivity contribution in [1.29, 1.82) is 0 Å². The van der Waals surface area contributed by atoms with Gasteiger partial charge in [0.05, 0.1) is 17.8 Å². The third-order valence-electron chi connectivity index (χ3n) is 3.35. The van der Waals surface area contributed by atoms with Gasteiger partial charge < -0.3 is 4.74 Å². The first-order valence-corrected chi connectivity index (χ1v) is 7.07. The van der Waals surface area contributed by atoms with Crippen LogP contribution in [0.25, 0.3) is 0 Å². The molecule has 0 heterocycles. The van der Waals surface area contributed by atoms with Gasteiger partial charge in [0.25, 0.3) is 0 Å². The minimum absolute atomic E-state index is 0.630. The van der Waals surface area contributed by atoms with E-state index in [1.165, 1.54) is 37.8 Å². The highest BCUT2D eigenvalue weighted by atomic mass is 35.5. The Balaban J connectivity index is 2.12. The average Bonchev–Trinajstić information content (AvgIpc) is 2.33. The second-order valence-electron chi connectivity index (χ2n) is 4.76. The number of methoxy groups -OCH3 is 1. The zero-order chi connectivity index (χ0) is 12.8. The summed E-state index contributed by atoms with van der Waals surface area (Å²) in [6.07, 6.45) is 8.84. The molecule has 0 N–H and O–H groups in total. The van der Waals surface area contributed by atoms with E-state index in [1.54, 1.807) is 7.11 Å². The molecule has 0 amide bonds. The third-order valence-corrected chi connectivity index (χ3v) is 3.65. The van der Waals surface area contributed by atoms with E-state index < -0.39 is 0 Å². The van der Waals surface area contributed by atoms with Crippen LogP contribution in [0, 0.1) is 0 Å². The van der Waals surface area contributed by atoms with Gasteiger partial charge in [0.15, 0.2) is 0 Å². The molecule has 98 valence electrons. The summed E-state index contributed by atoms with van der Waals surface area (Å²) in [5.74, 6) is 0.707. The number of ether oxygens (including phenoxy) is 1. The number of halogens is 1. The molecular weight excluding hydrogens is 246 g/mol. The summed E-state index contributed by atoms with van der Waals surface area (Å²) in [6.45, 7) is 0. The molecule has 1 aromatic rings. The molecule has 2 rings (SSSR count). The van der Waals surface area contributed by atoms with Crippen molar-refractivity contribution in [3.63, 3.8) is 0 Å². The van der Waals surface area contributed by atoms with Crippen molar-refractivity contribution in [2.45, 2.75) is 44.9 Å². The van der Waals surface area contributed by atoms with Gasteiger partial charge in [-0.1, -0.05) is 30.9 Å². The lowest BCUT2D eigenvalue weighted by Crippen LogP contribution is -2.01. The molecule has 0 atom stereocenters. The molecular formula is C15H20ClNO. The molecule has 18 heavy (non-hydrogen) atoms. The SMILES string of the molecule is COc1ccc(N=C2CCCCCCC2)cc1Cl. The largest absolute Gasteiger partial charge is 0.495 e. The van der Waals surface area contributed by atoms with E-state index in [1.807, 2.05) is 18.2 Å². The predicted octanol–water partition coefficient (Wildman–Crippen LogP) is 5.17. The summed E-state index contributed by atoms with van der Waals surface area (Å²) in [4.78, 5) is 4.73. The van der Waals surface area contributed by atoms with E-state index in [9.17, 15) is 0 Å². The van der Waals surface area contributed by atoms with Crippen LogP contribution in [0.15, 0.2) is 23.2 Å². The minimum Gasteiger partial charge on any atom is -0.495 e. The van der Waals surface area contributed by atoms with Gasteiger partial charge in [-0.3, -0.25) is 4.99 Å². The topological polar surface area (TPSA) is 21.6 Å². The molecule has 0 aromatic heterocycles. The lowest BCUT2D eigenvalue weighted by atomic mass is 9.99. The van der Waals surface area contributed by atoms with Crippen LogP contribution >= 0.6 is 11.6 Å². The zero-order valence-electron chi connectivity index (χ0n) is 10.9. The Labute approximate surface area is 114 Å². The molecule has 0 aliphatic heterocycles. The number of hydrogen-bond acceptors (Lipinski definition) is 2. The number of rotatable bonds is 2. The first kappa shape index (κ1) is 13.4. The van der Waals surface area contributed by atoms with Crippen LogP contribution < -0.4 is 4.74 Å². The number of nitrogens with zero attached hydrogens (tertiary/aromatic N) is 1. The maximum atomic E-state index is 6.11. The van der Waals surface area contributed by atoms with Crippen LogP contribution in [0.4, 0.5) is 5.69 Å². The second kappa shape index (κ2) is 6.79. The molecule has 1 aliphatic carbocycles. The Morgan fingerprint density at radius 3 is 2.33 bits per heavy atom. The second-order valence-corrected chi connectivity index (χ2v) is 5.17. The van der Waals surface area contributed by atoms with Crippen molar-refractivity contribution in [2.24, 2.45) is 4.99 Å². The van der Waals surface area contributed by atoms with E-state index in [0.29, 0.717) is 10.8 Å². The van der Waals surface area contributed by atoms with E-state index >= 15 is 0 Å². The number of aliphatic imine (C=N–C) groups is 1. The van der Waals surface area contributed by atoms with Gasteiger partial charge >= 0.3 is 0 Å². The molecule has 0 spiro atoms. The fourth-order valence-corrected chi connectivity index (χ4v) is 2.58. The number of benzene rings is 1.